The summed E-state index contributed by atoms with van der Waals surface area (Å²) in [7, 11) is 0. The van der Waals surface area contributed by atoms with Gasteiger partial charge in [0.1, 0.15) is 5.60 Å². The molecule has 0 aliphatic carbocycles. The minimum atomic E-state index is -0.820. The van der Waals surface area contributed by atoms with Gasteiger partial charge in [-0.1, -0.05) is 19.9 Å². The molecule has 18 heavy (non-hydrogen) atoms. The smallest absolute Gasteiger partial charge is 0.108 e. The average Bonchev–Trinajstić information content (AvgIpc) is 2.80. The summed E-state index contributed by atoms with van der Waals surface area (Å²) in [4.78, 5) is 0.977. The van der Waals surface area contributed by atoms with Crippen LogP contribution < -0.4 is 5.32 Å². The zero-order valence-corrected chi connectivity index (χ0v) is 12.2. The van der Waals surface area contributed by atoms with Gasteiger partial charge in [0.15, 0.2) is 0 Å². The molecule has 1 atom stereocenters. The highest BCUT2D eigenvalue weighted by molar-refractivity contribution is 7.10. The standard InChI is InChI=1S/C14H22N2OS/c1-13(2,7-5-8-15)10-16-11-14(3,17)12-6-4-9-18-12/h4,6,9,16-17H,5,7,10-11H2,1-3H3. The SMILES string of the molecule is CC(C)(CCC#N)CNCC(C)(O)c1cccs1. The molecule has 1 rings (SSSR count). The fourth-order valence-electron chi connectivity index (χ4n) is 1.80. The van der Waals surface area contributed by atoms with E-state index in [-0.39, 0.29) is 5.41 Å². The molecule has 4 heteroatoms. The molecule has 2 N–H and O–H groups in total. The van der Waals surface area contributed by atoms with Crippen molar-refractivity contribution in [2.75, 3.05) is 13.1 Å². The molecule has 1 aromatic heterocycles. The van der Waals surface area contributed by atoms with Crippen LogP contribution in [0, 0.1) is 16.7 Å². The minimum Gasteiger partial charge on any atom is -0.383 e. The van der Waals surface area contributed by atoms with Gasteiger partial charge in [0, 0.05) is 24.4 Å². The first-order valence-electron chi connectivity index (χ1n) is 6.21. The van der Waals surface area contributed by atoms with Crippen molar-refractivity contribution in [3.63, 3.8) is 0 Å². The molecule has 0 bridgehead atoms. The zero-order valence-electron chi connectivity index (χ0n) is 11.4. The van der Waals surface area contributed by atoms with E-state index in [1.807, 2.05) is 24.4 Å². The van der Waals surface area contributed by atoms with Crippen molar-refractivity contribution in [1.82, 2.24) is 5.32 Å². The number of nitrogens with zero attached hydrogens (tertiary/aromatic N) is 1. The summed E-state index contributed by atoms with van der Waals surface area (Å²) in [6, 6.07) is 6.08. The largest absolute Gasteiger partial charge is 0.383 e. The van der Waals surface area contributed by atoms with Crippen molar-refractivity contribution >= 4 is 11.3 Å². The normalized spacial score (nSPS) is 15.1. The van der Waals surface area contributed by atoms with Crippen molar-refractivity contribution in [3.05, 3.63) is 22.4 Å². The highest BCUT2D eigenvalue weighted by Gasteiger charge is 2.25. The summed E-state index contributed by atoms with van der Waals surface area (Å²) in [5, 5.41) is 24.2. The Hall–Kier alpha value is -0.890. The van der Waals surface area contributed by atoms with Crippen LogP contribution in [0.2, 0.25) is 0 Å². The van der Waals surface area contributed by atoms with E-state index in [0.717, 1.165) is 17.8 Å². The van der Waals surface area contributed by atoms with E-state index in [1.165, 1.54) is 0 Å². The molecular weight excluding hydrogens is 244 g/mol. The third kappa shape index (κ3) is 4.77. The molecule has 0 fully saturated rings. The van der Waals surface area contributed by atoms with E-state index >= 15 is 0 Å². The van der Waals surface area contributed by atoms with Gasteiger partial charge in [0.05, 0.1) is 6.07 Å². The molecule has 100 valence electrons. The fraction of sp³-hybridized carbons (Fsp3) is 0.643. The summed E-state index contributed by atoms with van der Waals surface area (Å²) >= 11 is 1.57. The minimum absolute atomic E-state index is 0.0846. The number of hydrogen-bond donors (Lipinski definition) is 2. The predicted octanol–water partition coefficient (Wildman–Crippen LogP) is 2.88. The van der Waals surface area contributed by atoms with E-state index < -0.39 is 5.60 Å². The van der Waals surface area contributed by atoms with Gasteiger partial charge < -0.3 is 10.4 Å². The first-order valence-corrected chi connectivity index (χ1v) is 7.09. The predicted molar refractivity (Wildman–Crippen MR) is 75.4 cm³/mol. The van der Waals surface area contributed by atoms with Crippen LogP contribution in [-0.4, -0.2) is 18.2 Å². The lowest BCUT2D eigenvalue weighted by atomic mass is 9.88. The summed E-state index contributed by atoms with van der Waals surface area (Å²) in [6.07, 6.45) is 1.45. The van der Waals surface area contributed by atoms with Crippen molar-refractivity contribution in [3.8, 4) is 6.07 Å². The van der Waals surface area contributed by atoms with E-state index in [4.69, 9.17) is 5.26 Å². The average molecular weight is 266 g/mol. The summed E-state index contributed by atoms with van der Waals surface area (Å²) in [5.41, 5.74) is -0.735. The van der Waals surface area contributed by atoms with Crippen LogP contribution in [0.3, 0.4) is 0 Å². The Labute approximate surface area is 113 Å². The quantitative estimate of drug-likeness (QED) is 0.798. The van der Waals surface area contributed by atoms with Crippen LogP contribution in [0.25, 0.3) is 0 Å². The molecule has 3 nitrogen and oxygen atoms in total. The summed E-state index contributed by atoms with van der Waals surface area (Å²) in [6.45, 7) is 7.43. The van der Waals surface area contributed by atoms with Crippen molar-refractivity contribution in [2.24, 2.45) is 5.41 Å². The maximum atomic E-state index is 10.3. The van der Waals surface area contributed by atoms with Crippen molar-refractivity contribution in [1.29, 1.82) is 5.26 Å². The van der Waals surface area contributed by atoms with Gasteiger partial charge in [-0.15, -0.1) is 11.3 Å². The third-order valence-corrected chi connectivity index (χ3v) is 4.16. The van der Waals surface area contributed by atoms with Crippen LogP contribution in [0.15, 0.2) is 17.5 Å². The number of aliphatic hydroxyl groups is 1. The number of hydrogen-bond acceptors (Lipinski definition) is 4. The van der Waals surface area contributed by atoms with Crippen LogP contribution in [0.1, 0.15) is 38.5 Å². The highest BCUT2D eigenvalue weighted by atomic mass is 32.1. The van der Waals surface area contributed by atoms with E-state index in [1.54, 1.807) is 11.3 Å². The second kappa shape index (κ2) is 6.33. The molecule has 0 aromatic carbocycles. The topological polar surface area (TPSA) is 56.0 Å². The zero-order chi connectivity index (χ0) is 13.6. The Balaban J connectivity index is 2.40. The number of nitrogens with one attached hydrogen (secondary N) is 1. The van der Waals surface area contributed by atoms with E-state index in [0.29, 0.717) is 13.0 Å². The van der Waals surface area contributed by atoms with Crippen LogP contribution >= 0.6 is 11.3 Å². The van der Waals surface area contributed by atoms with E-state index in [9.17, 15) is 5.11 Å². The number of rotatable bonds is 7. The molecule has 1 aromatic rings. The molecule has 1 unspecified atom stereocenters. The first kappa shape index (κ1) is 15.2. The molecule has 0 aliphatic rings. The highest BCUT2D eigenvalue weighted by Crippen LogP contribution is 2.25. The van der Waals surface area contributed by atoms with Gasteiger partial charge in [0.2, 0.25) is 0 Å². The molecule has 1 heterocycles. The van der Waals surface area contributed by atoms with Crippen LogP contribution in [0.5, 0.6) is 0 Å². The number of thiophene rings is 1. The molecule has 0 amide bonds. The maximum Gasteiger partial charge on any atom is 0.108 e. The fourth-order valence-corrected chi connectivity index (χ4v) is 2.59. The van der Waals surface area contributed by atoms with Gasteiger partial charge in [-0.2, -0.15) is 5.26 Å². The Bertz CT molecular complexity index is 390. The molecule has 0 aliphatic heterocycles. The Morgan fingerprint density at radius 2 is 2.11 bits per heavy atom. The molecule has 0 saturated carbocycles. The summed E-state index contributed by atoms with van der Waals surface area (Å²) in [5.74, 6) is 0. The maximum absolute atomic E-state index is 10.3. The van der Waals surface area contributed by atoms with Crippen LogP contribution in [-0.2, 0) is 5.60 Å². The van der Waals surface area contributed by atoms with Gasteiger partial charge in [-0.3, -0.25) is 0 Å². The first-order chi connectivity index (χ1) is 8.37. The lowest BCUT2D eigenvalue weighted by molar-refractivity contribution is 0.0578. The van der Waals surface area contributed by atoms with Gasteiger partial charge in [0.25, 0.3) is 0 Å². The molecule has 0 spiro atoms. The Kier molecular flexibility index (Phi) is 5.33. The van der Waals surface area contributed by atoms with E-state index in [2.05, 4.69) is 25.2 Å². The molecule has 0 saturated heterocycles. The molecular formula is C14H22N2OS. The van der Waals surface area contributed by atoms with Gasteiger partial charge in [-0.05, 0) is 30.2 Å². The lowest BCUT2D eigenvalue weighted by Gasteiger charge is -2.28. The second-order valence-electron chi connectivity index (χ2n) is 5.68. The van der Waals surface area contributed by atoms with Crippen LogP contribution in [0.4, 0.5) is 0 Å². The van der Waals surface area contributed by atoms with Crippen molar-refractivity contribution < 1.29 is 5.11 Å². The van der Waals surface area contributed by atoms with Gasteiger partial charge >= 0.3 is 0 Å². The Morgan fingerprint density at radius 1 is 1.39 bits per heavy atom. The molecule has 0 radical (unpaired) electrons. The lowest BCUT2D eigenvalue weighted by Crippen LogP contribution is -2.39. The monoisotopic (exact) mass is 266 g/mol. The van der Waals surface area contributed by atoms with Crippen molar-refractivity contribution in [2.45, 2.75) is 39.2 Å². The third-order valence-electron chi connectivity index (χ3n) is 3.04. The number of nitriles is 1. The summed E-state index contributed by atoms with van der Waals surface area (Å²) < 4.78 is 0. The Morgan fingerprint density at radius 3 is 2.67 bits per heavy atom. The van der Waals surface area contributed by atoms with Gasteiger partial charge in [-0.25, -0.2) is 0 Å². The second-order valence-corrected chi connectivity index (χ2v) is 6.62.